The molecule has 2 rings (SSSR count). The molecule has 0 atom stereocenters. The van der Waals surface area contributed by atoms with Crippen LogP contribution in [0.2, 0.25) is 0 Å². The lowest BCUT2D eigenvalue weighted by molar-refractivity contribution is 0.0922. The number of rotatable bonds is 10. The van der Waals surface area contributed by atoms with E-state index in [0.29, 0.717) is 37.3 Å². The first-order valence-corrected chi connectivity index (χ1v) is 7.11. The second-order valence-corrected chi connectivity index (χ2v) is 4.96. The first kappa shape index (κ1) is 14.9. The molecule has 0 spiro atoms. The van der Waals surface area contributed by atoms with Crippen LogP contribution in [-0.2, 0) is 4.74 Å². The summed E-state index contributed by atoms with van der Waals surface area (Å²) in [4.78, 5) is 4.37. The van der Waals surface area contributed by atoms with Crippen molar-refractivity contribution in [1.82, 2.24) is 4.98 Å². The Hall–Kier alpha value is -1.53. The van der Waals surface area contributed by atoms with Crippen LogP contribution in [0.25, 0.3) is 0 Å². The number of nitrogens with two attached hydrogens (primary N) is 1. The highest BCUT2D eigenvalue weighted by Crippen LogP contribution is 2.30. The molecule has 1 aromatic heterocycles. The second kappa shape index (κ2) is 7.91. The Labute approximate surface area is 119 Å². The Morgan fingerprint density at radius 3 is 2.95 bits per heavy atom. The van der Waals surface area contributed by atoms with E-state index in [1.807, 2.05) is 6.07 Å². The molecule has 0 radical (unpaired) electrons. The lowest BCUT2D eigenvalue weighted by Crippen LogP contribution is -2.10. The van der Waals surface area contributed by atoms with Gasteiger partial charge in [0.2, 0.25) is 5.88 Å². The summed E-state index contributed by atoms with van der Waals surface area (Å²) in [5.74, 6) is 1.95. The van der Waals surface area contributed by atoms with Crippen LogP contribution < -0.4 is 15.8 Å². The van der Waals surface area contributed by atoms with Crippen molar-refractivity contribution in [3.05, 3.63) is 12.1 Å². The van der Waals surface area contributed by atoms with Crippen molar-refractivity contribution in [3.63, 3.8) is 0 Å². The normalized spacial score (nSPS) is 14.2. The summed E-state index contributed by atoms with van der Waals surface area (Å²) >= 11 is 0. The fourth-order valence-corrected chi connectivity index (χ4v) is 1.70. The average Bonchev–Trinajstić information content (AvgIpc) is 3.27. The van der Waals surface area contributed by atoms with Crippen molar-refractivity contribution in [2.75, 3.05) is 44.0 Å². The molecule has 0 aliphatic heterocycles. The van der Waals surface area contributed by atoms with Crippen molar-refractivity contribution in [1.29, 1.82) is 0 Å². The average molecular weight is 281 g/mol. The van der Waals surface area contributed by atoms with Crippen LogP contribution in [0.3, 0.4) is 0 Å². The minimum Gasteiger partial charge on any atom is -0.476 e. The second-order valence-electron chi connectivity index (χ2n) is 4.96. The van der Waals surface area contributed by atoms with Gasteiger partial charge in [0.1, 0.15) is 5.82 Å². The topological polar surface area (TPSA) is 89.6 Å². The number of nitrogens with one attached hydrogen (secondary N) is 1. The van der Waals surface area contributed by atoms with E-state index in [-0.39, 0.29) is 6.61 Å². The summed E-state index contributed by atoms with van der Waals surface area (Å²) in [6.07, 6.45) is 3.34. The van der Waals surface area contributed by atoms with Crippen LogP contribution in [0.15, 0.2) is 12.1 Å². The maximum absolute atomic E-state index is 8.57. The number of nitrogens with zero attached hydrogens (tertiary/aromatic N) is 1. The van der Waals surface area contributed by atoms with Gasteiger partial charge in [-0.15, -0.1) is 0 Å². The van der Waals surface area contributed by atoms with E-state index in [9.17, 15) is 0 Å². The van der Waals surface area contributed by atoms with E-state index in [4.69, 9.17) is 20.3 Å². The first-order chi connectivity index (χ1) is 9.79. The van der Waals surface area contributed by atoms with E-state index in [1.54, 1.807) is 6.07 Å². The van der Waals surface area contributed by atoms with E-state index >= 15 is 0 Å². The molecular formula is C14H23N3O3. The summed E-state index contributed by atoms with van der Waals surface area (Å²) in [6.45, 7) is 2.53. The van der Waals surface area contributed by atoms with E-state index in [1.165, 1.54) is 12.8 Å². The number of nitrogen functional groups attached to an aromatic ring is 1. The van der Waals surface area contributed by atoms with Gasteiger partial charge in [-0.3, -0.25) is 0 Å². The predicted octanol–water partition coefficient (Wildman–Crippen LogP) is 1.26. The lowest BCUT2D eigenvalue weighted by Gasteiger charge is -2.10. The van der Waals surface area contributed by atoms with Crippen LogP contribution in [0, 0.1) is 5.92 Å². The molecule has 0 bridgehead atoms. The minimum atomic E-state index is 0.0641. The molecule has 1 heterocycles. The van der Waals surface area contributed by atoms with Gasteiger partial charge in [0.05, 0.1) is 25.5 Å². The fourth-order valence-electron chi connectivity index (χ4n) is 1.70. The number of ether oxygens (including phenoxy) is 2. The molecule has 0 saturated heterocycles. The monoisotopic (exact) mass is 281 g/mol. The third kappa shape index (κ3) is 5.22. The molecule has 1 aliphatic rings. The lowest BCUT2D eigenvalue weighted by atomic mass is 10.3. The zero-order valence-electron chi connectivity index (χ0n) is 11.7. The maximum Gasteiger partial charge on any atom is 0.239 e. The summed E-state index contributed by atoms with van der Waals surface area (Å²) in [6, 6.07) is 3.65. The van der Waals surface area contributed by atoms with Crippen molar-refractivity contribution < 1.29 is 14.6 Å². The molecular weight excluding hydrogens is 258 g/mol. The molecule has 1 aliphatic carbocycles. The van der Waals surface area contributed by atoms with Crippen molar-refractivity contribution in [3.8, 4) is 5.88 Å². The van der Waals surface area contributed by atoms with Gasteiger partial charge in [0, 0.05) is 13.2 Å². The van der Waals surface area contributed by atoms with Gasteiger partial charge < -0.3 is 25.6 Å². The van der Waals surface area contributed by atoms with Crippen LogP contribution >= 0.6 is 0 Å². The Kier molecular flexibility index (Phi) is 5.88. The number of anilines is 2. The van der Waals surface area contributed by atoms with Crippen molar-refractivity contribution in [2.45, 2.75) is 19.3 Å². The zero-order valence-corrected chi connectivity index (χ0v) is 11.7. The molecule has 4 N–H and O–H groups in total. The zero-order chi connectivity index (χ0) is 14.2. The Balaban J connectivity index is 1.71. The molecule has 112 valence electrons. The standard InChI is InChI=1S/C14H23N3O3/c15-12-4-5-13(16-6-1-8-19-9-7-18)17-14(12)20-10-11-2-3-11/h4-5,11,18H,1-3,6-10,15H2,(H,16,17). The Morgan fingerprint density at radius 1 is 1.35 bits per heavy atom. The highest BCUT2D eigenvalue weighted by atomic mass is 16.5. The number of aromatic nitrogens is 1. The third-order valence-corrected chi connectivity index (χ3v) is 3.05. The van der Waals surface area contributed by atoms with Gasteiger partial charge in [-0.2, -0.15) is 4.98 Å². The minimum absolute atomic E-state index is 0.0641. The van der Waals surface area contributed by atoms with Gasteiger partial charge in [-0.25, -0.2) is 0 Å². The summed E-state index contributed by atoms with van der Waals surface area (Å²) in [5.41, 5.74) is 6.42. The largest absolute Gasteiger partial charge is 0.476 e. The Bertz CT molecular complexity index is 411. The molecule has 0 amide bonds. The number of hydrogen-bond donors (Lipinski definition) is 3. The Morgan fingerprint density at radius 2 is 2.20 bits per heavy atom. The molecule has 1 aromatic rings. The maximum atomic E-state index is 8.57. The highest BCUT2D eigenvalue weighted by Gasteiger charge is 2.22. The number of hydrogen-bond acceptors (Lipinski definition) is 6. The predicted molar refractivity (Wildman–Crippen MR) is 77.9 cm³/mol. The molecule has 0 aromatic carbocycles. The number of aliphatic hydroxyl groups excluding tert-OH is 1. The third-order valence-electron chi connectivity index (χ3n) is 3.05. The molecule has 1 fully saturated rings. The number of aliphatic hydroxyl groups is 1. The van der Waals surface area contributed by atoms with Gasteiger partial charge in [0.15, 0.2) is 0 Å². The van der Waals surface area contributed by atoms with Crippen LogP contribution in [0.4, 0.5) is 11.5 Å². The molecule has 20 heavy (non-hydrogen) atoms. The van der Waals surface area contributed by atoms with Crippen molar-refractivity contribution in [2.24, 2.45) is 5.92 Å². The van der Waals surface area contributed by atoms with Crippen LogP contribution in [-0.4, -0.2) is 43.1 Å². The van der Waals surface area contributed by atoms with Gasteiger partial charge in [0.25, 0.3) is 0 Å². The van der Waals surface area contributed by atoms with E-state index in [2.05, 4.69) is 10.3 Å². The summed E-state index contributed by atoms with van der Waals surface area (Å²) in [7, 11) is 0. The molecule has 6 heteroatoms. The SMILES string of the molecule is Nc1ccc(NCCCOCCO)nc1OCC1CC1. The number of pyridine rings is 1. The smallest absolute Gasteiger partial charge is 0.239 e. The van der Waals surface area contributed by atoms with Crippen LogP contribution in [0.5, 0.6) is 5.88 Å². The summed E-state index contributed by atoms with van der Waals surface area (Å²) in [5, 5.41) is 11.8. The van der Waals surface area contributed by atoms with Gasteiger partial charge in [-0.05, 0) is 37.3 Å². The van der Waals surface area contributed by atoms with Gasteiger partial charge in [-0.1, -0.05) is 0 Å². The first-order valence-electron chi connectivity index (χ1n) is 7.11. The highest BCUT2D eigenvalue weighted by molar-refractivity contribution is 5.53. The van der Waals surface area contributed by atoms with Gasteiger partial charge >= 0.3 is 0 Å². The molecule has 1 saturated carbocycles. The van der Waals surface area contributed by atoms with E-state index in [0.717, 1.165) is 18.8 Å². The van der Waals surface area contributed by atoms with E-state index < -0.39 is 0 Å². The quantitative estimate of drug-likeness (QED) is 0.559. The summed E-state index contributed by atoms with van der Waals surface area (Å²) < 4.78 is 10.8. The fraction of sp³-hybridized carbons (Fsp3) is 0.643. The molecule has 0 unspecified atom stereocenters. The van der Waals surface area contributed by atoms with Crippen LogP contribution in [0.1, 0.15) is 19.3 Å². The van der Waals surface area contributed by atoms with Crippen molar-refractivity contribution >= 4 is 11.5 Å². The molecule has 6 nitrogen and oxygen atoms in total.